The summed E-state index contributed by atoms with van der Waals surface area (Å²) in [5.41, 5.74) is 1.86. The van der Waals surface area contributed by atoms with E-state index in [2.05, 4.69) is 14.1 Å². The molecule has 1 amide bonds. The molecule has 1 fully saturated rings. The van der Waals surface area contributed by atoms with Crippen LogP contribution < -0.4 is 5.32 Å². The third-order valence-electron chi connectivity index (χ3n) is 3.15. The van der Waals surface area contributed by atoms with E-state index in [0.717, 1.165) is 30.1 Å². The van der Waals surface area contributed by atoms with Gasteiger partial charge < -0.3 is 10.1 Å². The molecule has 19 heavy (non-hydrogen) atoms. The molecule has 1 aromatic heterocycles. The van der Waals surface area contributed by atoms with Gasteiger partial charge in [0.1, 0.15) is 17.1 Å². The van der Waals surface area contributed by atoms with Crippen LogP contribution >= 0.6 is 23.3 Å². The Kier molecular flexibility index (Phi) is 3.38. The fraction of sp³-hybridized carbons (Fsp3) is 0.417. The van der Waals surface area contributed by atoms with Gasteiger partial charge >= 0.3 is 0 Å². The first kappa shape index (κ1) is 12.8. The second-order valence-corrected chi connectivity index (χ2v) is 5.49. The van der Waals surface area contributed by atoms with Gasteiger partial charge in [-0.3, -0.25) is 4.79 Å². The average Bonchev–Trinajstić information content (AvgIpc) is 3.01. The first-order chi connectivity index (χ1) is 9.15. The standard InChI is InChI=1S/C12H12ClN3O2S/c1-6-2-5-9(18-6)12(17)14-10-7(13)3-4-8-11(10)16-19-15-8/h3-4,6,9H,2,5H2,1H3,(H,14,17). The minimum atomic E-state index is -0.409. The number of carbonyl (C=O) groups excluding carboxylic acids is 1. The molecule has 0 radical (unpaired) electrons. The largest absolute Gasteiger partial charge is 0.365 e. The van der Waals surface area contributed by atoms with Crippen molar-refractivity contribution < 1.29 is 9.53 Å². The van der Waals surface area contributed by atoms with Crippen molar-refractivity contribution in [3.63, 3.8) is 0 Å². The smallest absolute Gasteiger partial charge is 0.253 e. The number of nitrogens with one attached hydrogen (secondary N) is 1. The minimum absolute atomic E-state index is 0.128. The second-order valence-electron chi connectivity index (χ2n) is 4.56. The van der Waals surface area contributed by atoms with E-state index in [4.69, 9.17) is 16.3 Å². The van der Waals surface area contributed by atoms with Gasteiger partial charge in [-0.25, -0.2) is 0 Å². The lowest BCUT2D eigenvalue weighted by Crippen LogP contribution is -2.27. The van der Waals surface area contributed by atoms with E-state index in [1.165, 1.54) is 0 Å². The van der Waals surface area contributed by atoms with Crippen molar-refractivity contribution in [2.24, 2.45) is 0 Å². The second kappa shape index (κ2) is 5.03. The number of nitrogens with zero attached hydrogens (tertiary/aromatic N) is 2. The summed E-state index contributed by atoms with van der Waals surface area (Å²) in [6.45, 7) is 1.96. The van der Waals surface area contributed by atoms with Crippen LogP contribution in [0.3, 0.4) is 0 Å². The van der Waals surface area contributed by atoms with Gasteiger partial charge in [-0.2, -0.15) is 8.75 Å². The van der Waals surface area contributed by atoms with Crippen LogP contribution in [0, 0.1) is 0 Å². The van der Waals surface area contributed by atoms with Crippen molar-refractivity contribution in [1.82, 2.24) is 8.75 Å². The van der Waals surface area contributed by atoms with E-state index in [9.17, 15) is 4.79 Å². The van der Waals surface area contributed by atoms with Crippen LogP contribution in [0.1, 0.15) is 19.8 Å². The summed E-state index contributed by atoms with van der Waals surface area (Å²) in [5.74, 6) is -0.174. The Bertz CT molecular complexity index is 630. The van der Waals surface area contributed by atoms with E-state index in [-0.39, 0.29) is 12.0 Å². The molecule has 1 saturated heterocycles. The zero-order valence-electron chi connectivity index (χ0n) is 10.2. The maximum Gasteiger partial charge on any atom is 0.253 e. The SMILES string of the molecule is CC1CCC(C(=O)Nc2c(Cl)ccc3nsnc23)O1. The summed E-state index contributed by atoms with van der Waals surface area (Å²) in [6, 6.07) is 3.49. The third-order valence-corrected chi connectivity index (χ3v) is 4.01. The Morgan fingerprint density at radius 2 is 2.32 bits per heavy atom. The zero-order valence-corrected chi connectivity index (χ0v) is 11.8. The monoisotopic (exact) mass is 297 g/mol. The molecule has 2 unspecified atom stereocenters. The lowest BCUT2D eigenvalue weighted by atomic mass is 10.2. The van der Waals surface area contributed by atoms with E-state index in [0.29, 0.717) is 16.2 Å². The number of amides is 1. The quantitative estimate of drug-likeness (QED) is 0.926. The number of hydrogen-bond acceptors (Lipinski definition) is 5. The fourth-order valence-corrected chi connectivity index (χ4v) is 2.89. The number of aromatic nitrogens is 2. The summed E-state index contributed by atoms with van der Waals surface area (Å²) in [7, 11) is 0. The van der Waals surface area contributed by atoms with Crippen molar-refractivity contribution in [3.05, 3.63) is 17.2 Å². The summed E-state index contributed by atoms with van der Waals surface area (Å²) in [5, 5.41) is 3.27. The van der Waals surface area contributed by atoms with E-state index >= 15 is 0 Å². The van der Waals surface area contributed by atoms with Gasteiger partial charge in [-0.1, -0.05) is 11.6 Å². The molecular weight excluding hydrogens is 286 g/mol. The van der Waals surface area contributed by atoms with Gasteiger partial charge in [-0.15, -0.1) is 0 Å². The molecule has 2 heterocycles. The molecule has 3 rings (SSSR count). The zero-order chi connectivity index (χ0) is 13.4. The topological polar surface area (TPSA) is 64.1 Å². The maximum absolute atomic E-state index is 12.1. The minimum Gasteiger partial charge on any atom is -0.365 e. The van der Waals surface area contributed by atoms with Crippen molar-refractivity contribution in [3.8, 4) is 0 Å². The first-order valence-electron chi connectivity index (χ1n) is 6.02. The average molecular weight is 298 g/mol. The van der Waals surface area contributed by atoms with Crippen molar-refractivity contribution in [2.75, 3.05) is 5.32 Å². The van der Waals surface area contributed by atoms with Crippen LogP contribution in [0.2, 0.25) is 5.02 Å². The predicted octanol–water partition coefficient (Wildman–Crippen LogP) is 2.85. The maximum atomic E-state index is 12.1. The van der Waals surface area contributed by atoms with Crippen LogP contribution in [0.25, 0.3) is 11.0 Å². The van der Waals surface area contributed by atoms with Gasteiger partial charge in [-0.05, 0) is 31.9 Å². The molecular formula is C12H12ClN3O2S. The van der Waals surface area contributed by atoms with Crippen LogP contribution in [0.4, 0.5) is 5.69 Å². The van der Waals surface area contributed by atoms with E-state index in [1.54, 1.807) is 12.1 Å². The number of hydrogen-bond donors (Lipinski definition) is 1. The normalized spacial score (nSPS) is 22.8. The number of rotatable bonds is 2. The number of anilines is 1. The van der Waals surface area contributed by atoms with Crippen molar-refractivity contribution in [2.45, 2.75) is 32.0 Å². The van der Waals surface area contributed by atoms with Crippen molar-refractivity contribution >= 4 is 46.0 Å². The summed E-state index contributed by atoms with van der Waals surface area (Å²) in [4.78, 5) is 12.1. The number of fused-ring (bicyclic) bond motifs is 1. The van der Waals surface area contributed by atoms with Crippen molar-refractivity contribution in [1.29, 1.82) is 0 Å². The highest BCUT2D eigenvalue weighted by molar-refractivity contribution is 7.00. The number of halogens is 1. The number of benzene rings is 1. The Morgan fingerprint density at radius 1 is 1.47 bits per heavy atom. The number of ether oxygens (including phenoxy) is 1. The molecule has 1 aromatic carbocycles. The molecule has 2 aromatic rings. The molecule has 0 aliphatic carbocycles. The molecule has 2 atom stereocenters. The fourth-order valence-electron chi connectivity index (χ4n) is 2.14. The molecule has 0 bridgehead atoms. The van der Waals surface area contributed by atoms with Gasteiger partial charge in [0.25, 0.3) is 5.91 Å². The summed E-state index contributed by atoms with van der Waals surface area (Å²) >= 11 is 7.22. The molecule has 5 nitrogen and oxygen atoms in total. The first-order valence-corrected chi connectivity index (χ1v) is 7.13. The highest BCUT2D eigenvalue weighted by Gasteiger charge is 2.29. The van der Waals surface area contributed by atoms with Gasteiger partial charge in [0.2, 0.25) is 0 Å². The van der Waals surface area contributed by atoms with Crippen LogP contribution in [-0.2, 0) is 9.53 Å². The Balaban J connectivity index is 1.86. The van der Waals surface area contributed by atoms with Crippen LogP contribution in [-0.4, -0.2) is 26.9 Å². The predicted molar refractivity (Wildman–Crippen MR) is 74.6 cm³/mol. The van der Waals surface area contributed by atoms with Crippen LogP contribution in [0.5, 0.6) is 0 Å². The molecule has 1 N–H and O–H groups in total. The molecule has 0 spiro atoms. The van der Waals surface area contributed by atoms with Gasteiger partial charge in [0, 0.05) is 0 Å². The molecule has 7 heteroatoms. The Labute approximate surface area is 119 Å². The summed E-state index contributed by atoms with van der Waals surface area (Å²) in [6.07, 6.45) is 1.35. The van der Waals surface area contributed by atoms with E-state index < -0.39 is 6.10 Å². The molecule has 100 valence electrons. The summed E-state index contributed by atoms with van der Waals surface area (Å²) < 4.78 is 13.8. The lowest BCUT2D eigenvalue weighted by Gasteiger charge is -2.12. The molecule has 0 saturated carbocycles. The Hall–Kier alpha value is -1.24. The lowest BCUT2D eigenvalue weighted by molar-refractivity contribution is -0.126. The highest BCUT2D eigenvalue weighted by Crippen LogP contribution is 2.31. The third kappa shape index (κ3) is 2.43. The van der Waals surface area contributed by atoms with Crippen LogP contribution in [0.15, 0.2) is 12.1 Å². The Morgan fingerprint density at radius 3 is 3.05 bits per heavy atom. The highest BCUT2D eigenvalue weighted by atomic mass is 35.5. The van der Waals surface area contributed by atoms with Gasteiger partial charge in [0.15, 0.2) is 0 Å². The van der Waals surface area contributed by atoms with Gasteiger partial charge in [0.05, 0.1) is 28.5 Å². The van der Waals surface area contributed by atoms with E-state index in [1.807, 2.05) is 6.92 Å². The molecule has 1 aliphatic rings. The number of carbonyl (C=O) groups is 1. The molecule has 1 aliphatic heterocycles.